The molecular formula is C12H23NO. The van der Waals surface area contributed by atoms with Crippen LogP contribution in [-0.2, 0) is 0 Å². The predicted octanol–water partition coefficient (Wildman–Crippen LogP) is 2.24. The van der Waals surface area contributed by atoms with E-state index in [1.807, 2.05) is 13.8 Å². The number of hydrogen-bond donors (Lipinski definition) is 2. The Bertz CT molecular complexity index is 185. The lowest BCUT2D eigenvalue weighted by atomic mass is 9.96. The van der Waals surface area contributed by atoms with Gasteiger partial charge in [0.25, 0.3) is 0 Å². The van der Waals surface area contributed by atoms with Crippen molar-refractivity contribution in [2.75, 3.05) is 6.54 Å². The van der Waals surface area contributed by atoms with Crippen molar-refractivity contribution in [3.8, 4) is 0 Å². The molecule has 2 nitrogen and oxygen atoms in total. The van der Waals surface area contributed by atoms with E-state index in [-0.39, 0.29) is 0 Å². The van der Waals surface area contributed by atoms with Crippen LogP contribution in [0.25, 0.3) is 0 Å². The van der Waals surface area contributed by atoms with Crippen LogP contribution in [0.5, 0.6) is 0 Å². The Labute approximate surface area is 87.4 Å². The van der Waals surface area contributed by atoms with E-state index in [1.54, 1.807) is 0 Å². The van der Waals surface area contributed by atoms with Crippen LogP contribution < -0.4 is 5.32 Å². The van der Waals surface area contributed by atoms with Gasteiger partial charge in [-0.1, -0.05) is 26.0 Å². The summed E-state index contributed by atoms with van der Waals surface area (Å²) in [6.07, 6.45) is 9.81. The smallest absolute Gasteiger partial charge is 0.0766 e. The topological polar surface area (TPSA) is 32.3 Å². The molecule has 1 unspecified atom stereocenters. The molecule has 0 saturated carbocycles. The van der Waals surface area contributed by atoms with E-state index in [4.69, 9.17) is 0 Å². The van der Waals surface area contributed by atoms with Crippen LogP contribution >= 0.6 is 0 Å². The van der Waals surface area contributed by atoms with Crippen LogP contribution in [0.15, 0.2) is 12.2 Å². The highest BCUT2D eigenvalue weighted by atomic mass is 16.3. The van der Waals surface area contributed by atoms with Gasteiger partial charge in [0.1, 0.15) is 0 Å². The lowest BCUT2D eigenvalue weighted by molar-refractivity contribution is 0.0308. The molecule has 0 bridgehead atoms. The highest BCUT2D eigenvalue weighted by Crippen LogP contribution is 2.15. The molecule has 1 atom stereocenters. The van der Waals surface area contributed by atoms with Crippen molar-refractivity contribution >= 4 is 0 Å². The summed E-state index contributed by atoms with van der Waals surface area (Å²) in [5.74, 6) is 0. The van der Waals surface area contributed by atoms with Crippen LogP contribution in [0.3, 0.4) is 0 Å². The molecular weight excluding hydrogens is 174 g/mol. The quantitative estimate of drug-likeness (QED) is 0.662. The molecule has 14 heavy (non-hydrogen) atoms. The number of aliphatic hydroxyl groups is 1. The maximum Gasteiger partial charge on any atom is 0.0766 e. The molecule has 0 saturated heterocycles. The average Bonchev–Trinajstić information content (AvgIpc) is 2.27. The van der Waals surface area contributed by atoms with E-state index in [0.717, 1.165) is 19.4 Å². The highest BCUT2D eigenvalue weighted by Gasteiger charge is 2.22. The summed E-state index contributed by atoms with van der Waals surface area (Å²) in [5, 5.41) is 13.5. The summed E-state index contributed by atoms with van der Waals surface area (Å²) in [7, 11) is 0. The standard InChI is InChI=1S/C12H23NO/c1-3-12(14,4-2)10-13-11-8-6-5-7-9-11/h6,8,11,13-14H,3-5,7,9-10H2,1-2H3. The summed E-state index contributed by atoms with van der Waals surface area (Å²) >= 11 is 0. The van der Waals surface area contributed by atoms with Crippen LogP contribution in [0.2, 0.25) is 0 Å². The summed E-state index contributed by atoms with van der Waals surface area (Å²) in [5.41, 5.74) is -0.509. The first-order valence-electron chi connectivity index (χ1n) is 5.82. The van der Waals surface area contributed by atoms with Crippen LogP contribution in [0.4, 0.5) is 0 Å². The van der Waals surface area contributed by atoms with Gasteiger partial charge < -0.3 is 10.4 Å². The molecule has 0 aliphatic heterocycles. The summed E-state index contributed by atoms with van der Waals surface area (Å²) in [4.78, 5) is 0. The van der Waals surface area contributed by atoms with Gasteiger partial charge in [0.2, 0.25) is 0 Å². The molecule has 1 rings (SSSR count). The number of allylic oxidation sites excluding steroid dienone is 1. The van der Waals surface area contributed by atoms with Crippen LogP contribution in [-0.4, -0.2) is 23.3 Å². The Morgan fingerprint density at radius 1 is 1.43 bits per heavy atom. The van der Waals surface area contributed by atoms with Crippen molar-refractivity contribution in [3.05, 3.63) is 12.2 Å². The van der Waals surface area contributed by atoms with E-state index < -0.39 is 5.60 Å². The molecule has 1 aliphatic rings. The Morgan fingerprint density at radius 2 is 2.14 bits per heavy atom. The van der Waals surface area contributed by atoms with E-state index in [0.29, 0.717) is 6.04 Å². The SMILES string of the molecule is CCC(O)(CC)CNC1C=CCCC1. The fourth-order valence-corrected chi connectivity index (χ4v) is 1.80. The van der Waals surface area contributed by atoms with Gasteiger partial charge in [-0.3, -0.25) is 0 Å². The maximum atomic E-state index is 10.1. The van der Waals surface area contributed by atoms with E-state index >= 15 is 0 Å². The van der Waals surface area contributed by atoms with Crippen LogP contribution in [0, 0.1) is 0 Å². The van der Waals surface area contributed by atoms with Crippen molar-refractivity contribution in [2.45, 2.75) is 57.6 Å². The van der Waals surface area contributed by atoms with Gasteiger partial charge >= 0.3 is 0 Å². The van der Waals surface area contributed by atoms with Gasteiger partial charge in [-0.25, -0.2) is 0 Å². The maximum absolute atomic E-state index is 10.1. The molecule has 0 aromatic heterocycles. The first kappa shape index (κ1) is 11.7. The fraction of sp³-hybridized carbons (Fsp3) is 0.833. The molecule has 0 heterocycles. The van der Waals surface area contributed by atoms with Crippen molar-refractivity contribution in [1.29, 1.82) is 0 Å². The van der Waals surface area contributed by atoms with Gasteiger partial charge in [0, 0.05) is 12.6 Å². The van der Waals surface area contributed by atoms with Gasteiger partial charge in [-0.2, -0.15) is 0 Å². The third kappa shape index (κ3) is 3.43. The molecule has 0 radical (unpaired) electrons. The summed E-state index contributed by atoms with van der Waals surface area (Å²) in [6.45, 7) is 4.80. The molecule has 0 amide bonds. The fourth-order valence-electron chi connectivity index (χ4n) is 1.80. The van der Waals surface area contributed by atoms with Crippen LogP contribution in [0.1, 0.15) is 46.0 Å². The minimum atomic E-state index is -0.509. The van der Waals surface area contributed by atoms with E-state index in [1.165, 1.54) is 19.3 Å². The normalized spacial score (nSPS) is 22.6. The van der Waals surface area contributed by atoms with E-state index in [2.05, 4.69) is 17.5 Å². The van der Waals surface area contributed by atoms with Crippen molar-refractivity contribution in [2.24, 2.45) is 0 Å². The van der Waals surface area contributed by atoms with Gasteiger partial charge in [-0.05, 0) is 32.1 Å². The summed E-state index contributed by atoms with van der Waals surface area (Å²) in [6, 6.07) is 0.480. The van der Waals surface area contributed by atoms with Crippen molar-refractivity contribution < 1.29 is 5.11 Å². The highest BCUT2D eigenvalue weighted by molar-refractivity contribution is 4.98. The zero-order chi connectivity index (χ0) is 10.4. The van der Waals surface area contributed by atoms with Gasteiger partial charge in [0.05, 0.1) is 5.60 Å². The van der Waals surface area contributed by atoms with Crippen molar-refractivity contribution in [3.63, 3.8) is 0 Å². The lowest BCUT2D eigenvalue weighted by Crippen LogP contribution is -2.43. The molecule has 0 aromatic carbocycles. The zero-order valence-corrected chi connectivity index (χ0v) is 9.42. The molecule has 2 heteroatoms. The summed E-state index contributed by atoms with van der Waals surface area (Å²) < 4.78 is 0. The minimum absolute atomic E-state index is 0.480. The third-order valence-corrected chi connectivity index (χ3v) is 3.26. The minimum Gasteiger partial charge on any atom is -0.389 e. The number of hydrogen-bond acceptors (Lipinski definition) is 2. The van der Waals surface area contributed by atoms with Gasteiger partial charge in [-0.15, -0.1) is 0 Å². The second-order valence-corrected chi connectivity index (χ2v) is 4.28. The predicted molar refractivity (Wildman–Crippen MR) is 60.3 cm³/mol. The largest absolute Gasteiger partial charge is 0.389 e. The Hall–Kier alpha value is -0.340. The molecule has 2 N–H and O–H groups in total. The molecule has 0 aromatic rings. The van der Waals surface area contributed by atoms with Gasteiger partial charge in [0.15, 0.2) is 0 Å². The Balaban J connectivity index is 2.30. The number of rotatable bonds is 5. The Kier molecular flexibility index (Phi) is 4.63. The first-order chi connectivity index (χ1) is 6.70. The second kappa shape index (κ2) is 5.52. The molecule has 1 aliphatic carbocycles. The lowest BCUT2D eigenvalue weighted by Gasteiger charge is -2.28. The van der Waals surface area contributed by atoms with Crippen molar-refractivity contribution in [1.82, 2.24) is 5.32 Å². The Morgan fingerprint density at radius 3 is 2.64 bits per heavy atom. The first-order valence-corrected chi connectivity index (χ1v) is 5.82. The molecule has 0 fully saturated rings. The molecule has 82 valence electrons. The van der Waals surface area contributed by atoms with E-state index in [9.17, 15) is 5.11 Å². The average molecular weight is 197 g/mol. The monoisotopic (exact) mass is 197 g/mol. The third-order valence-electron chi connectivity index (χ3n) is 3.26. The zero-order valence-electron chi connectivity index (χ0n) is 9.42. The molecule has 0 spiro atoms. The number of nitrogens with one attached hydrogen (secondary N) is 1. The second-order valence-electron chi connectivity index (χ2n) is 4.28.